The molecule has 0 spiro atoms. The van der Waals surface area contributed by atoms with Crippen LogP contribution in [-0.4, -0.2) is 53.0 Å². The lowest BCUT2D eigenvalue weighted by Gasteiger charge is -2.22. The van der Waals surface area contributed by atoms with Crippen LogP contribution in [0.15, 0.2) is 34.9 Å². The molecule has 3 amide bonds. The highest BCUT2D eigenvalue weighted by molar-refractivity contribution is 7.99. The van der Waals surface area contributed by atoms with Crippen molar-refractivity contribution in [2.24, 2.45) is 0 Å². The third-order valence-corrected chi connectivity index (χ3v) is 5.71. The molecule has 0 saturated carbocycles. The number of furan rings is 1. The molecule has 28 heavy (non-hydrogen) atoms. The SMILES string of the molecule is O=C(Nc1ccc(C(=O)N2CSC[C@@H]2C(=O)NCC(F)(F)F)s1)c1ccco1. The van der Waals surface area contributed by atoms with Crippen LogP contribution >= 0.6 is 23.1 Å². The zero-order valence-electron chi connectivity index (χ0n) is 14.1. The van der Waals surface area contributed by atoms with Crippen molar-refractivity contribution < 1.29 is 32.0 Å². The van der Waals surface area contributed by atoms with Gasteiger partial charge in [-0.05, 0) is 24.3 Å². The number of nitrogens with one attached hydrogen (secondary N) is 2. The molecule has 1 atom stereocenters. The van der Waals surface area contributed by atoms with Crippen molar-refractivity contribution in [2.45, 2.75) is 12.2 Å². The maximum Gasteiger partial charge on any atom is 0.405 e. The minimum absolute atomic E-state index is 0.110. The minimum atomic E-state index is -4.52. The first-order valence-electron chi connectivity index (χ1n) is 7.92. The van der Waals surface area contributed by atoms with E-state index in [1.165, 1.54) is 41.1 Å². The number of thioether (sulfide) groups is 1. The van der Waals surface area contributed by atoms with Crippen molar-refractivity contribution in [3.63, 3.8) is 0 Å². The highest BCUT2D eigenvalue weighted by Gasteiger charge is 2.37. The second-order valence-corrected chi connectivity index (χ2v) is 7.80. The summed E-state index contributed by atoms with van der Waals surface area (Å²) in [5, 5.41) is 4.80. The number of carbonyl (C=O) groups is 3. The predicted octanol–water partition coefficient (Wildman–Crippen LogP) is 2.79. The number of rotatable bonds is 5. The quantitative estimate of drug-likeness (QED) is 0.757. The van der Waals surface area contributed by atoms with Crippen molar-refractivity contribution in [1.82, 2.24) is 10.2 Å². The van der Waals surface area contributed by atoms with Crippen LogP contribution in [-0.2, 0) is 4.79 Å². The first kappa shape index (κ1) is 20.3. The standard InChI is InChI=1S/C16H14F3N3O4S2/c17-16(18,19)7-20-13(23)9-6-27-8-22(9)15(25)11-3-4-12(28-11)21-14(24)10-2-1-5-26-10/h1-5,9H,6-8H2,(H,20,23)(H,21,24)/t9-/m1/s1. The largest absolute Gasteiger partial charge is 0.459 e. The van der Waals surface area contributed by atoms with E-state index in [0.717, 1.165) is 11.3 Å². The van der Waals surface area contributed by atoms with Gasteiger partial charge in [-0.3, -0.25) is 14.4 Å². The Morgan fingerprint density at radius 1 is 1.25 bits per heavy atom. The Bertz CT molecular complexity index is 867. The summed E-state index contributed by atoms with van der Waals surface area (Å²) in [5.74, 6) is -1.30. The van der Waals surface area contributed by atoms with Crippen molar-refractivity contribution in [1.29, 1.82) is 0 Å². The maximum atomic E-state index is 12.7. The molecule has 12 heteroatoms. The van der Waals surface area contributed by atoms with Crippen LogP contribution in [0.25, 0.3) is 0 Å². The Hall–Kier alpha value is -2.47. The van der Waals surface area contributed by atoms with Gasteiger partial charge in [-0.15, -0.1) is 23.1 Å². The Balaban J connectivity index is 1.63. The summed E-state index contributed by atoms with van der Waals surface area (Å²) in [4.78, 5) is 38.2. The fraction of sp³-hybridized carbons (Fsp3) is 0.312. The molecule has 0 bridgehead atoms. The van der Waals surface area contributed by atoms with Crippen LogP contribution in [0, 0.1) is 0 Å². The van der Waals surface area contributed by atoms with E-state index in [1.54, 1.807) is 6.07 Å². The second kappa shape index (κ2) is 8.27. The van der Waals surface area contributed by atoms with Crippen LogP contribution in [0.5, 0.6) is 0 Å². The molecule has 3 heterocycles. The Labute approximate surface area is 165 Å². The van der Waals surface area contributed by atoms with Crippen LogP contribution in [0.1, 0.15) is 20.2 Å². The molecule has 150 valence electrons. The number of alkyl halides is 3. The molecule has 7 nitrogen and oxygen atoms in total. The third-order valence-electron chi connectivity index (χ3n) is 3.71. The summed E-state index contributed by atoms with van der Waals surface area (Å²) in [6.07, 6.45) is -3.17. The van der Waals surface area contributed by atoms with Gasteiger partial charge in [-0.2, -0.15) is 13.2 Å². The minimum Gasteiger partial charge on any atom is -0.459 e. The number of amides is 3. The maximum absolute atomic E-state index is 12.7. The van der Waals surface area contributed by atoms with Gasteiger partial charge in [-0.1, -0.05) is 0 Å². The molecule has 2 aromatic heterocycles. The van der Waals surface area contributed by atoms with Gasteiger partial charge >= 0.3 is 6.18 Å². The van der Waals surface area contributed by atoms with Gasteiger partial charge < -0.3 is 20.0 Å². The van der Waals surface area contributed by atoms with Gasteiger partial charge in [0.1, 0.15) is 12.6 Å². The van der Waals surface area contributed by atoms with Crippen molar-refractivity contribution in [3.05, 3.63) is 41.2 Å². The molecule has 2 aromatic rings. The first-order chi connectivity index (χ1) is 13.2. The van der Waals surface area contributed by atoms with Crippen LogP contribution in [0.2, 0.25) is 0 Å². The van der Waals surface area contributed by atoms with Gasteiger partial charge in [0.05, 0.1) is 22.0 Å². The lowest BCUT2D eigenvalue weighted by Crippen LogP contribution is -2.49. The van der Waals surface area contributed by atoms with E-state index in [0.29, 0.717) is 5.00 Å². The first-order valence-corrected chi connectivity index (χ1v) is 9.89. The lowest BCUT2D eigenvalue weighted by molar-refractivity contribution is -0.140. The molecule has 1 fully saturated rings. The Kier molecular flexibility index (Phi) is 5.98. The molecule has 1 aliphatic heterocycles. The van der Waals surface area contributed by atoms with E-state index in [4.69, 9.17) is 4.42 Å². The molecule has 0 aromatic carbocycles. The smallest absolute Gasteiger partial charge is 0.405 e. The summed E-state index contributed by atoms with van der Waals surface area (Å²) < 4.78 is 41.9. The van der Waals surface area contributed by atoms with Crippen LogP contribution < -0.4 is 10.6 Å². The molecule has 2 N–H and O–H groups in total. The van der Waals surface area contributed by atoms with Gasteiger partial charge in [-0.25, -0.2) is 0 Å². The summed E-state index contributed by atoms with van der Waals surface area (Å²) >= 11 is 2.28. The molecule has 0 aliphatic carbocycles. The number of halogens is 3. The zero-order chi connectivity index (χ0) is 20.3. The summed E-state index contributed by atoms with van der Waals surface area (Å²) in [6, 6.07) is 5.08. The highest BCUT2D eigenvalue weighted by atomic mass is 32.2. The fourth-order valence-electron chi connectivity index (χ4n) is 2.41. The summed E-state index contributed by atoms with van der Waals surface area (Å²) in [5.41, 5.74) is 0. The predicted molar refractivity (Wildman–Crippen MR) is 97.3 cm³/mol. The van der Waals surface area contributed by atoms with Gasteiger partial charge in [0.15, 0.2) is 5.76 Å². The number of anilines is 1. The third kappa shape index (κ3) is 4.87. The number of hydrogen-bond acceptors (Lipinski definition) is 6. The van der Waals surface area contributed by atoms with E-state index in [-0.39, 0.29) is 22.3 Å². The van der Waals surface area contributed by atoms with Gasteiger partial charge in [0, 0.05) is 5.75 Å². The summed E-state index contributed by atoms with van der Waals surface area (Å²) in [6.45, 7) is -1.45. The molecule has 0 unspecified atom stereocenters. The molecule has 0 radical (unpaired) electrons. The zero-order valence-corrected chi connectivity index (χ0v) is 15.7. The average Bonchev–Trinajstić information content (AvgIpc) is 3.39. The van der Waals surface area contributed by atoms with Gasteiger partial charge in [0.25, 0.3) is 11.8 Å². The fourth-order valence-corrected chi connectivity index (χ4v) is 4.42. The molecule has 1 saturated heterocycles. The van der Waals surface area contributed by atoms with E-state index in [1.807, 2.05) is 5.32 Å². The van der Waals surface area contributed by atoms with Crippen LogP contribution in [0.4, 0.5) is 18.2 Å². The molecule has 1 aliphatic rings. The van der Waals surface area contributed by atoms with E-state index < -0.39 is 36.5 Å². The Morgan fingerprint density at radius 2 is 2.04 bits per heavy atom. The number of thiophene rings is 1. The monoisotopic (exact) mass is 433 g/mol. The normalized spacial score (nSPS) is 16.8. The Morgan fingerprint density at radius 3 is 2.71 bits per heavy atom. The summed E-state index contributed by atoms with van der Waals surface area (Å²) in [7, 11) is 0. The highest BCUT2D eigenvalue weighted by Crippen LogP contribution is 2.28. The number of nitrogens with zero attached hydrogens (tertiary/aromatic N) is 1. The van der Waals surface area contributed by atoms with Crippen molar-refractivity contribution in [3.8, 4) is 0 Å². The molecular weight excluding hydrogens is 419 g/mol. The second-order valence-electron chi connectivity index (χ2n) is 5.72. The van der Waals surface area contributed by atoms with E-state index in [2.05, 4.69) is 5.32 Å². The number of carbonyl (C=O) groups excluding carboxylic acids is 3. The average molecular weight is 433 g/mol. The van der Waals surface area contributed by atoms with Crippen molar-refractivity contribution in [2.75, 3.05) is 23.5 Å². The van der Waals surface area contributed by atoms with Crippen molar-refractivity contribution >= 4 is 45.8 Å². The van der Waals surface area contributed by atoms with Crippen LogP contribution in [0.3, 0.4) is 0 Å². The lowest BCUT2D eigenvalue weighted by atomic mass is 10.2. The molecule has 3 rings (SSSR count). The molecular formula is C16H14F3N3O4S2. The van der Waals surface area contributed by atoms with E-state index >= 15 is 0 Å². The van der Waals surface area contributed by atoms with E-state index in [9.17, 15) is 27.6 Å². The van der Waals surface area contributed by atoms with Gasteiger partial charge in [0.2, 0.25) is 5.91 Å². The number of hydrogen-bond donors (Lipinski definition) is 2. The topological polar surface area (TPSA) is 91.7 Å².